The Kier molecular flexibility index (Phi) is 5.16. The molecule has 1 aromatic heterocycles. The zero-order valence-electron chi connectivity index (χ0n) is 14.9. The number of rotatable bonds is 5. The summed E-state index contributed by atoms with van der Waals surface area (Å²) in [5.74, 6) is 0.727. The largest absolute Gasteiger partial charge is 0.312 e. The SMILES string of the molecule is O=C(CCCn1nnc(-c2ccccc2)n1)N1CCCc2cc(Cl)ccc21. The van der Waals surface area contributed by atoms with Crippen LogP contribution in [0.2, 0.25) is 5.02 Å². The van der Waals surface area contributed by atoms with E-state index in [1.54, 1.807) is 4.80 Å². The molecule has 0 atom stereocenters. The minimum atomic E-state index is 0.127. The van der Waals surface area contributed by atoms with Crippen LogP contribution in [0.3, 0.4) is 0 Å². The van der Waals surface area contributed by atoms with Gasteiger partial charge in [0.25, 0.3) is 0 Å². The van der Waals surface area contributed by atoms with E-state index >= 15 is 0 Å². The first-order chi connectivity index (χ1) is 13.2. The summed E-state index contributed by atoms with van der Waals surface area (Å²) in [5, 5.41) is 13.3. The lowest BCUT2D eigenvalue weighted by Gasteiger charge is -2.29. The van der Waals surface area contributed by atoms with Crippen LogP contribution in [0.5, 0.6) is 0 Å². The Bertz CT molecular complexity index is 941. The van der Waals surface area contributed by atoms with Crippen molar-refractivity contribution in [3.05, 3.63) is 59.1 Å². The average Bonchev–Trinajstić information content (AvgIpc) is 3.17. The van der Waals surface area contributed by atoms with Crippen molar-refractivity contribution < 1.29 is 4.79 Å². The highest BCUT2D eigenvalue weighted by molar-refractivity contribution is 6.30. The molecule has 1 aliphatic rings. The van der Waals surface area contributed by atoms with Gasteiger partial charge in [-0.15, -0.1) is 10.2 Å². The monoisotopic (exact) mass is 381 g/mol. The molecule has 0 saturated carbocycles. The van der Waals surface area contributed by atoms with Crippen molar-refractivity contribution in [3.8, 4) is 11.4 Å². The van der Waals surface area contributed by atoms with Crippen LogP contribution < -0.4 is 4.90 Å². The van der Waals surface area contributed by atoms with Gasteiger partial charge in [-0.05, 0) is 48.2 Å². The van der Waals surface area contributed by atoms with Crippen LogP contribution in [0.15, 0.2) is 48.5 Å². The molecule has 0 saturated heterocycles. The number of hydrogen-bond acceptors (Lipinski definition) is 4. The van der Waals surface area contributed by atoms with Gasteiger partial charge in [0.1, 0.15) is 0 Å². The zero-order chi connectivity index (χ0) is 18.6. The maximum Gasteiger partial charge on any atom is 0.227 e. The lowest BCUT2D eigenvalue weighted by Crippen LogP contribution is -2.35. The molecule has 1 amide bonds. The first-order valence-corrected chi connectivity index (χ1v) is 9.50. The predicted molar refractivity (Wildman–Crippen MR) is 105 cm³/mol. The van der Waals surface area contributed by atoms with Crippen LogP contribution in [-0.2, 0) is 17.8 Å². The van der Waals surface area contributed by atoms with Crippen molar-refractivity contribution in [3.63, 3.8) is 0 Å². The van der Waals surface area contributed by atoms with Crippen LogP contribution in [0.4, 0.5) is 5.69 Å². The molecule has 0 aliphatic carbocycles. The van der Waals surface area contributed by atoms with Crippen molar-refractivity contribution in [1.82, 2.24) is 20.2 Å². The van der Waals surface area contributed by atoms with Crippen molar-refractivity contribution in [1.29, 1.82) is 0 Å². The Morgan fingerprint density at radius 3 is 2.85 bits per heavy atom. The van der Waals surface area contributed by atoms with Gasteiger partial charge in [-0.25, -0.2) is 0 Å². The summed E-state index contributed by atoms with van der Waals surface area (Å²) < 4.78 is 0. The van der Waals surface area contributed by atoms with Crippen molar-refractivity contribution in [2.24, 2.45) is 0 Å². The molecule has 0 N–H and O–H groups in total. The molecule has 0 radical (unpaired) electrons. The second-order valence-electron chi connectivity index (χ2n) is 6.60. The summed E-state index contributed by atoms with van der Waals surface area (Å²) >= 11 is 6.08. The molecule has 138 valence electrons. The molecule has 6 nitrogen and oxygen atoms in total. The highest BCUT2D eigenvalue weighted by Crippen LogP contribution is 2.30. The number of carbonyl (C=O) groups is 1. The lowest BCUT2D eigenvalue weighted by molar-refractivity contribution is -0.118. The number of anilines is 1. The van der Waals surface area contributed by atoms with E-state index in [4.69, 9.17) is 11.6 Å². The van der Waals surface area contributed by atoms with Crippen LogP contribution >= 0.6 is 11.6 Å². The van der Waals surface area contributed by atoms with Gasteiger partial charge >= 0.3 is 0 Å². The van der Waals surface area contributed by atoms with Crippen molar-refractivity contribution >= 4 is 23.2 Å². The van der Waals surface area contributed by atoms with E-state index in [2.05, 4.69) is 15.4 Å². The Balaban J connectivity index is 1.35. The molecule has 2 heterocycles. The smallest absolute Gasteiger partial charge is 0.227 e. The van der Waals surface area contributed by atoms with Gasteiger partial charge in [0.2, 0.25) is 11.7 Å². The summed E-state index contributed by atoms with van der Waals surface area (Å²) in [6, 6.07) is 15.5. The maximum atomic E-state index is 12.7. The molecule has 7 heteroatoms. The highest BCUT2D eigenvalue weighted by Gasteiger charge is 2.22. The molecule has 4 rings (SSSR count). The van der Waals surface area contributed by atoms with Gasteiger partial charge in [0.05, 0.1) is 6.54 Å². The second-order valence-corrected chi connectivity index (χ2v) is 7.04. The molecular formula is C20H20ClN5O. The molecular weight excluding hydrogens is 362 g/mol. The minimum absolute atomic E-state index is 0.127. The number of nitrogens with zero attached hydrogens (tertiary/aromatic N) is 5. The van der Waals surface area contributed by atoms with E-state index in [1.165, 1.54) is 0 Å². The van der Waals surface area contributed by atoms with E-state index in [0.717, 1.165) is 41.2 Å². The number of aryl methyl sites for hydroxylation is 2. The Hall–Kier alpha value is -2.73. The van der Waals surface area contributed by atoms with Crippen molar-refractivity contribution in [2.45, 2.75) is 32.2 Å². The molecule has 1 aliphatic heterocycles. The number of carbonyl (C=O) groups excluding carboxylic acids is 1. The third-order valence-electron chi connectivity index (χ3n) is 4.69. The Morgan fingerprint density at radius 2 is 2.00 bits per heavy atom. The van der Waals surface area contributed by atoms with Crippen LogP contribution in [0.25, 0.3) is 11.4 Å². The number of fused-ring (bicyclic) bond motifs is 1. The molecule has 27 heavy (non-hydrogen) atoms. The summed E-state index contributed by atoms with van der Waals surface area (Å²) in [6.07, 6.45) is 3.04. The molecule has 2 aromatic carbocycles. The minimum Gasteiger partial charge on any atom is -0.312 e. The summed E-state index contributed by atoms with van der Waals surface area (Å²) in [4.78, 5) is 16.1. The zero-order valence-corrected chi connectivity index (χ0v) is 15.6. The van der Waals surface area contributed by atoms with E-state index in [1.807, 2.05) is 53.4 Å². The maximum absolute atomic E-state index is 12.7. The van der Waals surface area contributed by atoms with Crippen LogP contribution in [-0.4, -0.2) is 32.7 Å². The lowest BCUT2D eigenvalue weighted by atomic mass is 10.0. The number of aromatic nitrogens is 4. The predicted octanol–water partition coefficient (Wildman–Crippen LogP) is 3.75. The van der Waals surface area contributed by atoms with E-state index in [0.29, 0.717) is 25.2 Å². The second kappa shape index (κ2) is 7.88. The summed E-state index contributed by atoms with van der Waals surface area (Å²) in [6.45, 7) is 1.32. The van der Waals surface area contributed by atoms with Gasteiger partial charge in [0, 0.05) is 29.2 Å². The number of amides is 1. The fourth-order valence-electron chi connectivity index (χ4n) is 3.37. The normalized spacial score (nSPS) is 13.4. The molecule has 0 bridgehead atoms. The van der Waals surface area contributed by atoms with Gasteiger partial charge in [0.15, 0.2) is 0 Å². The Morgan fingerprint density at radius 1 is 1.15 bits per heavy atom. The standard InChI is InChI=1S/C20H20ClN5O/c21-17-10-11-18-16(14-17)8-4-12-25(18)19(27)9-5-13-26-23-20(22-24-26)15-6-2-1-3-7-15/h1-3,6-7,10-11,14H,4-5,8-9,12-13H2. The van der Waals surface area contributed by atoms with Crippen LogP contribution in [0, 0.1) is 0 Å². The van der Waals surface area contributed by atoms with E-state index < -0.39 is 0 Å². The van der Waals surface area contributed by atoms with Gasteiger partial charge < -0.3 is 4.90 Å². The fourth-order valence-corrected chi connectivity index (χ4v) is 3.57. The first-order valence-electron chi connectivity index (χ1n) is 9.13. The van der Waals surface area contributed by atoms with E-state index in [9.17, 15) is 4.79 Å². The van der Waals surface area contributed by atoms with Crippen LogP contribution in [0.1, 0.15) is 24.8 Å². The van der Waals surface area contributed by atoms with E-state index in [-0.39, 0.29) is 5.91 Å². The summed E-state index contributed by atoms with van der Waals surface area (Å²) in [5.41, 5.74) is 3.07. The van der Waals surface area contributed by atoms with Gasteiger partial charge in [-0.2, -0.15) is 4.80 Å². The number of hydrogen-bond donors (Lipinski definition) is 0. The average molecular weight is 382 g/mol. The topological polar surface area (TPSA) is 63.9 Å². The number of halogens is 1. The molecule has 0 spiro atoms. The molecule has 0 fully saturated rings. The Labute approximate surface area is 162 Å². The number of tetrazole rings is 1. The number of benzene rings is 2. The third kappa shape index (κ3) is 4.01. The van der Waals surface area contributed by atoms with Crippen molar-refractivity contribution in [2.75, 3.05) is 11.4 Å². The quantitative estimate of drug-likeness (QED) is 0.675. The summed E-state index contributed by atoms with van der Waals surface area (Å²) in [7, 11) is 0. The van der Waals surface area contributed by atoms with Gasteiger partial charge in [-0.3, -0.25) is 4.79 Å². The molecule has 3 aromatic rings. The van der Waals surface area contributed by atoms with Gasteiger partial charge in [-0.1, -0.05) is 41.9 Å². The molecule has 0 unspecified atom stereocenters. The highest BCUT2D eigenvalue weighted by atomic mass is 35.5. The fraction of sp³-hybridized carbons (Fsp3) is 0.300. The first kappa shape index (κ1) is 17.7. The third-order valence-corrected chi connectivity index (χ3v) is 4.93.